The molecule has 1 fully saturated rings. The number of piperidine rings is 1. The third-order valence-electron chi connectivity index (χ3n) is 8.98. The van der Waals surface area contributed by atoms with E-state index in [0.29, 0.717) is 24.9 Å². The molecule has 1 heterocycles. The van der Waals surface area contributed by atoms with Crippen LogP contribution in [0.5, 0.6) is 0 Å². The normalized spacial score (nSPS) is 14.4. The van der Waals surface area contributed by atoms with Gasteiger partial charge in [-0.15, -0.1) is 12.8 Å². The van der Waals surface area contributed by atoms with E-state index in [0.717, 1.165) is 66.7 Å². The summed E-state index contributed by atoms with van der Waals surface area (Å²) in [6.45, 7) is 22.2. The maximum absolute atomic E-state index is 15.8. The zero-order valence-corrected chi connectivity index (χ0v) is 29.7. The number of hydrogen-bond acceptors (Lipinski definition) is 3. The van der Waals surface area contributed by atoms with E-state index < -0.39 is 5.82 Å². The van der Waals surface area contributed by atoms with Gasteiger partial charge in [-0.25, -0.2) is 4.39 Å². The SMILES string of the molecule is C#C.C=C(CC(C)C)CN(CC1CCN(C(=O)c2cc(C)c(C(=NC(C)CC)c3cccc(C)c3)cc2F)CC1)c1ccccc1C. The van der Waals surface area contributed by atoms with Gasteiger partial charge in [0, 0.05) is 49.0 Å². The number of terminal acetylenes is 1. The summed E-state index contributed by atoms with van der Waals surface area (Å²) in [6.07, 6.45) is 11.7. The van der Waals surface area contributed by atoms with Gasteiger partial charge in [0.05, 0.1) is 11.3 Å². The molecule has 5 heteroatoms. The zero-order valence-electron chi connectivity index (χ0n) is 29.7. The molecule has 0 saturated carbocycles. The van der Waals surface area contributed by atoms with Crippen molar-refractivity contribution in [1.82, 2.24) is 4.90 Å². The molecule has 0 bridgehead atoms. The lowest BCUT2D eigenvalue weighted by Gasteiger charge is -2.36. The Morgan fingerprint density at radius 3 is 2.28 bits per heavy atom. The van der Waals surface area contributed by atoms with Crippen molar-refractivity contribution in [3.8, 4) is 12.8 Å². The number of hydrogen-bond donors (Lipinski definition) is 0. The first-order valence-electron chi connectivity index (χ1n) is 17.0. The van der Waals surface area contributed by atoms with Gasteiger partial charge in [0.2, 0.25) is 0 Å². The van der Waals surface area contributed by atoms with Crippen LogP contribution in [0.25, 0.3) is 0 Å². The number of aliphatic imine (C=N–C) groups is 1. The summed E-state index contributed by atoms with van der Waals surface area (Å²) in [7, 11) is 0. The minimum Gasteiger partial charge on any atom is -0.367 e. The molecule has 4 nitrogen and oxygen atoms in total. The lowest BCUT2D eigenvalue weighted by molar-refractivity contribution is 0.0688. The van der Waals surface area contributed by atoms with E-state index in [-0.39, 0.29) is 17.5 Å². The van der Waals surface area contributed by atoms with Crippen molar-refractivity contribution < 1.29 is 9.18 Å². The molecule has 1 aliphatic rings. The van der Waals surface area contributed by atoms with Crippen molar-refractivity contribution in [2.24, 2.45) is 16.8 Å². The molecule has 1 unspecified atom stereocenters. The number of rotatable bonds is 12. The molecule has 3 aromatic rings. The fourth-order valence-electron chi connectivity index (χ4n) is 6.38. The van der Waals surface area contributed by atoms with E-state index in [4.69, 9.17) is 4.99 Å². The third-order valence-corrected chi connectivity index (χ3v) is 8.98. The van der Waals surface area contributed by atoms with E-state index in [1.54, 1.807) is 6.07 Å². The molecule has 0 aliphatic carbocycles. The molecular weight excluding hydrogens is 581 g/mol. The number of halogens is 1. The molecule has 47 heavy (non-hydrogen) atoms. The number of amides is 1. The number of nitrogens with zero attached hydrogens (tertiary/aromatic N) is 3. The zero-order chi connectivity index (χ0) is 34.7. The van der Waals surface area contributed by atoms with Gasteiger partial charge in [0.25, 0.3) is 5.91 Å². The summed E-state index contributed by atoms with van der Waals surface area (Å²) in [6, 6.07) is 20.0. The summed E-state index contributed by atoms with van der Waals surface area (Å²) in [5, 5.41) is 0. The van der Waals surface area contributed by atoms with Crippen LogP contribution in [0.3, 0.4) is 0 Å². The number of benzene rings is 3. The standard InChI is InChI=1S/C40H52FN3O.C2H2/c1-9-32(8)42-39(34-15-12-13-28(4)22-34)35-24-37(41)36(23-31(35)7)40(45)43-19-17-33(18-20-43)26-44(25-29(5)21-27(2)3)38-16-11-10-14-30(38)6;1-2/h10-16,22-24,27,32-33H,5,9,17-21,25-26H2,1-4,6-8H3;1-2H. The van der Waals surface area contributed by atoms with Gasteiger partial charge in [-0.1, -0.05) is 74.9 Å². The number of anilines is 1. The number of para-hydroxylation sites is 1. The summed E-state index contributed by atoms with van der Waals surface area (Å²) < 4.78 is 15.8. The number of likely N-dealkylation sites (tertiary alicyclic amines) is 1. The Bertz CT molecular complexity index is 1560. The van der Waals surface area contributed by atoms with Crippen molar-refractivity contribution >= 4 is 17.3 Å². The molecule has 3 aromatic carbocycles. The summed E-state index contributed by atoms with van der Waals surface area (Å²) in [4.78, 5) is 22.9. The van der Waals surface area contributed by atoms with Gasteiger partial charge in [-0.2, -0.15) is 0 Å². The summed E-state index contributed by atoms with van der Waals surface area (Å²) >= 11 is 0. The molecule has 1 atom stereocenters. The smallest absolute Gasteiger partial charge is 0.256 e. The van der Waals surface area contributed by atoms with Gasteiger partial charge < -0.3 is 9.80 Å². The second kappa shape index (κ2) is 17.7. The number of carbonyl (C=O) groups is 1. The molecule has 0 N–H and O–H groups in total. The molecule has 1 saturated heterocycles. The van der Waals surface area contributed by atoms with Crippen LogP contribution in [0.15, 0.2) is 77.8 Å². The van der Waals surface area contributed by atoms with Crippen molar-refractivity contribution in [3.63, 3.8) is 0 Å². The Morgan fingerprint density at radius 1 is 0.979 bits per heavy atom. The lowest BCUT2D eigenvalue weighted by Crippen LogP contribution is -2.42. The van der Waals surface area contributed by atoms with Crippen LogP contribution in [0.4, 0.5) is 10.1 Å². The van der Waals surface area contributed by atoms with E-state index >= 15 is 4.39 Å². The molecule has 250 valence electrons. The fraction of sp³-hybridized carbons (Fsp3) is 0.429. The first-order valence-corrected chi connectivity index (χ1v) is 17.0. The van der Waals surface area contributed by atoms with Gasteiger partial charge >= 0.3 is 0 Å². The lowest BCUT2D eigenvalue weighted by atomic mass is 9.93. The Hall–Kier alpha value is -4.17. The van der Waals surface area contributed by atoms with Crippen molar-refractivity contribution in [2.45, 2.75) is 80.2 Å². The van der Waals surface area contributed by atoms with Crippen LogP contribution in [0.2, 0.25) is 0 Å². The third kappa shape index (κ3) is 10.2. The molecule has 0 aromatic heterocycles. The average Bonchev–Trinajstić information content (AvgIpc) is 3.05. The van der Waals surface area contributed by atoms with Crippen LogP contribution < -0.4 is 4.90 Å². The van der Waals surface area contributed by atoms with E-state index in [1.165, 1.54) is 22.9 Å². The quantitative estimate of drug-likeness (QED) is 0.113. The van der Waals surface area contributed by atoms with E-state index in [2.05, 4.69) is 89.3 Å². The van der Waals surface area contributed by atoms with Crippen LogP contribution in [0.1, 0.15) is 91.6 Å². The Labute approximate surface area is 283 Å². The van der Waals surface area contributed by atoms with Crippen LogP contribution in [-0.4, -0.2) is 48.7 Å². The maximum atomic E-state index is 15.8. The largest absolute Gasteiger partial charge is 0.367 e. The second-order valence-corrected chi connectivity index (χ2v) is 13.5. The number of carbonyl (C=O) groups excluding carboxylic acids is 1. The van der Waals surface area contributed by atoms with Crippen molar-refractivity contribution in [1.29, 1.82) is 0 Å². The maximum Gasteiger partial charge on any atom is 0.256 e. The first kappa shape index (κ1) is 37.3. The van der Waals surface area contributed by atoms with Gasteiger partial charge in [-0.3, -0.25) is 9.79 Å². The Balaban J connectivity index is 0.00000294. The topological polar surface area (TPSA) is 35.9 Å². The second-order valence-electron chi connectivity index (χ2n) is 13.5. The predicted octanol–water partition coefficient (Wildman–Crippen LogP) is 9.60. The monoisotopic (exact) mass is 635 g/mol. The highest BCUT2D eigenvalue weighted by Crippen LogP contribution is 2.28. The minimum absolute atomic E-state index is 0.0978. The summed E-state index contributed by atoms with van der Waals surface area (Å²) in [5.41, 5.74) is 8.36. The average molecular weight is 636 g/mol. The van der Waals surface area contributed by atoms with E-state index in [9.17, 15) is 4.79 Å². The van der Waals surface area contributed by atoms with Crippen LogP contribution >= 0.6 is 0 Å². The van der Waals surface area contributed by atoms with Crippen LogP contribution in [-0.2, 0) is 0 Å². The van der Waals surface area contributed by atoms with Gasteiger partial charge in [0.1, 0.15) is 5.82 Å². The molecule has 1 aliphatic heterocycles. The van der Waals surface area contributed by atoms with E-state index in [1.807, 2.05) is 36.9 Å². The fourth-order valence-corrected chi connectivity index (χ4v) is 6.38. The molecule has 0 spiro atoms. The van der Waals surface area contributed by atoms with Crippen molar-refractivity contribution in [3.05, 3.63) is 112 Å². The highest BCUT2D eigenvalue weighted by atomic mass is 19.1. The minimum atomic E-state index is -0.485. The summed E-state index contributed by atoms with van der Waals surface area (Å²) in [5.74, 6) is 0.312. The predicted molar refractivity (Wildman–Crippen MR) is 198 cm³/mol. The van der Waals surface area contributed by atoms with Gasteiger partial charge in [-0.05, 0) is 101 Å². The van der Waals surface area contributed by atoms with Crippen LogP contribution in [0, 0.1) is 51.3 Å². The number of aryl methyl sites for hydroxylation is 3. The first-order chi connectivity index (χ1) is 22.5. The molecule has 0 radical (unpaired) electrons. The highest BCUT2D eigenvalue weighted by molar-refractivity contribution is 6.14. The van der Waals surface area contributed by atoms with Crippen molar-refractivity contribution in [2.75, 3.05) is 31.1 Å². The molecular formula is C42H54FN3O. The Kier molecular flexibility index (Phi) is 14.0. The van der Waals surface area contributed by atoms with Gasteiger partial charge in [0.15, 0.2) is 0 Å². The Morgan fingerprint density at radius 2 is 1.66 bits per heavy atom. The molecule has 4 rings (SSSR count). The molecule has 1 amide bonds. The highest BCUT2D eigenvalue weighted by Gasteiger charge is 2.28.